The molecule has 1 aromatic heterocycles. The van der Waals surface area contributed by atoms with E-state index in [9.17, 15) is 4.39 Å². The van der Waals surface area contributed by atoms with E-state index in [0.29, 0.717) is 17.4 Å². The normalized spacial score (nSPS) is 15.0. The first-order valence-electron chi connectivity index (χ1n) is 9.07. The Labute approximate surface area is 157 Å². The van der Waals surface area contributed by atoms with Gasteiger partial charge in [0.2, 0.25) is 5.88 Å². The summed E-state index contributed by atoms with van der Waals surface area (Å²) in [6, 6.07) is 16.7. The Kier molecular flexibility index (Phi) is 4.87. The van der Waals surface area contributed by atoms with Crippen LogP contribution in [0.25, 0.3) is 11.1 Å². The molecule has 2 N–H and O–H groups in total. The maximum absolute atomic E-state index is 14.6. The third-order valence-electron chi connectivity index (χ3n) is 4.69. The van der Waals surface area contributed by atoms with Gasteiger partial charge in [-0.2, -0.15) is 0 Å². The summed E-state index contributed by atoms with van der Waals surface area (Å²) in [5, 5.41) is 10.4. The van der Waals surface area contributed by atoms with Crippen molar-refractivity contribution in [3.05, 3.63) is 71.7 Å². The summed E-state index contributed by atoms with van der Waals surface area (Å²) in [5.41, 5.74) is 3.04. The van der Waals surface area contributed by atoms with Gasteiger partial charge in [0, 0.05) is 30.6 Å². The van der Waals surface area contributed by atoms with Crippen LogP contribution in [0.5, 0.6) is 0 Å². The van der Waals surface area contributed by atoms with Gasteiger partial charge in [-0.05, 0) is 23.6 Å². The molecule has 4 rings (SSSR count). The molecule has 3 aromatic rings. The summed E-state index contributed by atoms with van der Waals surface area (Å²) in [4.78, 5) is 4.34. The van der Waals surface area contributed by atoms with Gasteiger partial charge in [-0.15, -0.1) is 0 Å². The fraction of sp³-hybridized carbons (Fsp3) is 0.238. The Morgan fingerprint density at radius 1 is 1.15 bits per heavy atom. The summed E-state index contributed by atoms with van der Waals surface area (Å²) < 4.78 is 20.0. The van der Waals surface area contributed by atoms with Gasteiger partial charge >= 0.3 is 0 Å². The van der Waals surface area contributed by atoms with Crippen LogP contribution in [0.4, 0.5) is 10.3 Å². The topological polar surface area (TPSA) is 62.5 Å². The molecule has 0 saturated heterocycles. The Morgan fingerprint density at radius 2 is 2.00 bits per heavy atom. The molecule has 6 heteroatoms. The SMILES string of the molecule is CC(c1ccc(-c2ccccc2)c(F)c1)c1cc(NC2=NCCCN2)on1. The molecule has 0 bridgehead atoms. The third-order valence-corrected chi connectivity index (χ3v) is 4.69. The molecule has 2 aromatic carbocycles. The van der Waals surface area contributed by atoms with Crippen molar-refractivity contribution in [2.75, 3.05) is 18.4 Å². The molecule has 1 aliphatic heterocycles. The van der Waals surface area contributed by atoms with Crippen molar-refractivity contribution < 1.29 is 8.91 Å². The molecule has 1 unspecified atom stereocenters. The van der Waals surface area contributed by atoms with E-state index in [1.165, 1.54) is 0 Å². The largest absolute Gasteiger partial charge is 0.356 e. The van der Waals surface area contributed by atoms with Gasteiger partial charge in [0.1, 0.15) is 5.82 Å². The van der Waals surface area contributed by atoms with Crippen molar-refractivity contribution >= 4 is 11.8 Å². The van der Waals surface area contributed by atoms with Crippen LogP contribution >= 0.6 is 0 Å². The third kappa shape index (κ3) is 3.84. The number of hydrogen-bond donors (Lipinski definition) is 2. The average Bonchev–Trinajstić information content (AvgIpc) is 3.17. The molecule has 1 atom stereocenters. The monoisotopic (exact) mass is 364 g/mol. The van der Waals surface area contributed by atoms with E-state index >= 15 is 0 Å². The van der Waals surface area contributed by atoms with Crippen molar-refractivity contribution in [3.8, 4) is 11.1 Å². The van der Waals surface area contributed by atoms with Crippen LogP contribution in [0.3, 0.4) is 0 Å². The zero-order valence-corrected chi connectivity index (χ0v) is 15.1. The van der Waals surface area contributed by atoms with Crippen LogP contribution in [0.15, 0.2) is 64.1 Å². The van der Waals surface area contributed by atoms with Crippen molar-refractivity contribution in [1.29, 1.82) is 0 Å². The molecule has 5 nitrogen and oxygen atoms in total. The smallest absolute Gasteiger partial charge is 0.231 e. The lowest BCUT2D eigenvalue weighted by Gasteiger charge is -2.13. The average molecular weight is 364 g/mol. The van der Waals surface area contributed by atoms with E-state index in [2.05, 4.69) is 20.8 Å². The molecule has 0 saturated carbocycles. The van der Waals surface area contributed by atoms with Gasteiger partial charge in [0.15, 0.2) is 5.96 Å². The standard InChI is InChI=1S/C21H21FN4O/c1-14(19-13-20(27-26-19)25-21-23-10-5-11-24-21)16-8-9-17(18(22)12-16)15-6-3-2-4-7-15/h2-4,6-9,12-14H,5,10-11H2,1H3,(H2,23,24,25). The Bertz CT molecular complexity index is 952. The van der Waals surface area contributed by atoms with Gasteiger partial charge in [-0.3, -0.25) is 10.3 Å². The number of aromatic nitrogens is 1. The zero-order chi connectivity index (χ0) is 18.6. The number of aliphatic imine (C=N–C) groups is 1. The molecule has 138 valence electrons. The van der Waals surface area contributed by atoms with E-state index in [-0.39, 0.29) is 11.7 Å². The Balaban J connectivity index is 1.52. The highest BCUT2D eigenvalue weighted by Crippen LogP contribution is 2.30. The molecule has 0 amide bonds. The first-order valence-corrected chi connectivity index (χ1v) is 9.07. The maximum atomic E-state index is 14.6. The molecule has 0 radical (unpaired) electrons. The van der Waals surface area contributed by atoms with Crippen molar-refractivity contribution in [2.45, 2.75) is 19.3 Å². The summed E-state index contributed by atoms with van der Waals surface area (Å²) in [6.45, 7) is 3.66. The number of hydrogen-bond acceptors (Lipinski definition) is 5. The summed E-state index contributed by atoms with van der Waals surface area (Å²) in [6.07, 6.45) is 1.02. The first-order chi connectivity index (χ1) is 13.2. The van der Waals surface area contributed by atoms with Crippen LogP contribution in [-0.2, 0) is 0 Å². The van der Waals surface area contributed by atoms with E-state index < -0.39 is 0 Å². The molecule has 27 heavy (non-hydrogen) atoms. The maximum Gasteiger partial charge on any atom is 0.231 e. The quantitative estimate of drug-likeness (QED) is 0.721. The van der Waals surface area contributed by atoms with Gasteiger partial charge in [-0.1, -0.05) is 54.5 Å². The number of halogens is 1. The highest BCUT2D eigenvalue weighted by atomic mass is 19.1. The molecule has 2 heterocycles. The van der Waals surface area contributed by atoms with Gasteiger partial charge < -0.3 is 9.84 Å². The lowest BCUT2D eigenvalue weighted by Crippen LogP contribution is -2.35. The fourth-order valence-electron chi connectivity index (χ4n) is 3.11. The first kappa shape index (κ1) is 17.3. The van der Waals surface area contributed by atoms with Crippen molar-refractivity contribution in [3.63, 3.8) is 0 Å². The molecule has 0 aliphatic carbocycles. The second kappa shape index (κ2) is 7.61. The summed E-state index contributed by atoms with van der Waals surface area (Å²) in [5.74, 6) is 0.874. The predicted molar refractivity (Wildman–Crippen MR) is 104 cm³/mol. The Hall–Kier alpha value is -3.15. The number of benzene rings is 2. The van der Waals surface area contributed by atoms with E-state index in [1.807, 2.05) is 55.5 Å². The van der Waals surface area contributed by atoms with Crippen LogP contribution in [0.1, 0.15) is 30.5 Å². The van der Waals surface area contributed by atoms with Crippen LogP contribution in [0.2, 0.25) is 0 Å². The number of nitrogens with zero attached hydrogens (tertiary/aromatic N) is 2. The molecule has 0 spiro atoms. The highest BCUT2D eigenvalue weighted by molar-refractivity contribution is 5.92. The highest BCUT2D eigenvalue weighted by Gasteiger charge is 2.17. The Morgan fingerprint density at radius 3 is 2.74 bits per heavy atom. The van der Waals surface area contributed by atoms with E-state index in [1.54, 1.807) is 6.07 Å². The van der Waals surface area contributed by atoms with Crippen LogP contribution < -0.4 is 10.6 Å². The zero-order valence-electron chi connectivity index (χ0n) is 15.1. The minimum atomic E-state index is -0.242. The van der Waals surface area contributed by atoms with Crippen LogP contribution in [-0.4, -0.2) is 24.2 Å². The lowest BCUT2D eigenvalue weighted by molar-refractivity contribution is 0.424. The molecular weight excluding hydrogens is 343 g/mol. The number of guanidine groups is 1. The number of anilines is 1. The molecule has 1 aliphatic rings. The lowest BCUT2D eigenvalue weighted by atomic mass is 9.95. The predicted octanol–water partition coefficient (Wildman–Crippen LogP) is 4.39. The molecule has 0 fully saturated rings. The molecular formula is C21H21FN4O. The van der Waals surface area contributed by atoms with E-state index in [0.717, 1.165) is 36.3 Å². The fourth-order valence-corrected chi connectivity index (χ4v) is 3.11. The summed E-state index contributed by atoms with van der Waals surface area (Å²) in [7, 11) is 0. The van der Waals surface area contributed by atoms with Crippen molar-refractivity contribution in [1.82, 2.24) is 10.5 Å². The second-order valence-corrected chi connectivity index (χ2v) is 6.58. The summed E-state index contributed by atoms with van der Waals surface area (Å²) >= 11 is 0. The van der Waals surface area contributed by atoms with Crippen LogP contribution in [0, 0.1) is 5.82 Å². The minimum Gasteiger partial charge on any atom is -0.356 e. The number of nitrogens with one attached hydrogen (secondary N) is 2. The van der Waals surface area contributed by atoms with Gasteiger partial charge in [0.05, 0.1) is 5.69 Å². The van der Waals surface area contributed by atoms with Crippen molar-refractivity contribution in [2.24, 2.45) is 4.99 Å². The number of rotatable bonds is 4. The van der Waals surface area contributed by atoms with Gasteiger partial charge in [0.25, 0.3) is 0 Å². The minimum absolute atomic E-state index is 0.0927. The van der Waals surface area contributed by atoms with E-state index in [4.69, 9.17) is 4.52 Å². The second-order valence-electron chi connectivity index (χ2n) is 6.58. The van der Waals surface area contributed by atoms with Gasteiger partial charge in [-0.25, -0.2) is 4.39 Å².